The zero-order valence-electron chi connectivity index (χ0n) is 18.8. The van der Waals surface area contributed by atoms with Crippen molar-refractivity contribution in [3.05, 3.63) is 12.2 Å². The molecule has 0 aromatic rings. The van der Waals surface area contributed by atoms with Crippen LogP contribution in [0.2, 0.25) is 0 Å². The Morgan fingerprint density at radius 1 is 1.27 bits per heavy atom. The molecule has 0 radical (unpaired) electrons. The molecule has 30 heavy (non-hydrogen) atoms. The highest BCUT2D eigenvalue weighted by atomic mass is 32.2. The molecule has 172 valence electrons. The molecule has 2 saturated carbocycles. The van der Waals surface area contributed by atoms with Crippen LogP contribution in [0.25, 0.3) is 0 Å². The van der Waals surface area contributed by atoms with Crippen LogP contribution in [0.1, 0.15) is 72.6 Å². The van der Waals surface area contributed by atoms with Crippen LogP contribution in [0.5, 0.6) is 0 Å². The Kier molecular flexibility index (Phi) is 9.52. The highest BCUT2D eigenvalue weighted by molar-refractivity contribution is 7.91. The van der Waals surface area contributed by atoms with Crippen molar-refractivity contribution in [3.63, 3.8) is 0 Å². The number of hydrogen-bond donors (Lipinski definition) is 2. The van der Waals surface area contributed by atoms with Crippen LogP contribution in [-0.2, 0) is 24.4 Å². The molecule has 2 fully saturated rings. The summed E-state index contributed by atoms with van der Waals surface area (Å²) in [4.78, 5) is 34.3. The summed E-state index contributed by atoms with van der Waals surface area (Å²) in [6, 6.07) is -0.516. The van der Waals surface area contributed by atoms with E-state index in [1.807, 2.05) is 0 Å². The molecule has 3 atom stereocenters. The van der Waals surface area contributed by atoms with Gasteiger partial charge in [0.05, 0.1) is 4.75 Å². The summed E-state index contributed by atoms with van der Waals surface area (Å²) < 4.78 is 25.4. The van der Waals surface area contributed by atoms with Crippen molar-refractivity contribution in [3.8, 4) is 0 Å². The van der Waals surface area contributed by atoms with Crippen LogP contribution >= 0.6 is 0 Å². The summed E-state index contributed by atoms with van der Waals surface area (Å²) in [6.45, 7) is 6.84. The second kappa shape index (κ2) is 10.9. The Balaban J connectivity index is 0.000000382. The van der Waals surface area contributed by atoms with Gasteiger partial charge in [-0.25, -0.2) is 8.42 Å². The van der Waals surface area contributed by atoms with Gasteiger partial charge < -0.3 is 10.6 Å². The maximum atomic E-state index is 11.9. The fraction of sp³-hybridized carbons (Fsp3) is 0.762. The molecule has 8 nitrogen and oxygen atoms in total. The van der Waals surface area contributed by atoms with Crippen molar-refractivity contribution in [1.82, 2.24) is 9.62 Å². The standard InChI is InChI=1S/C15H25NO3S.C6H12N2O2/c1-3-4-5-6-7-8-12-11-13(12)14(17)16-20(18,19)15(2)9-10-15;1-4(6(7)10)8(3)5(2)9/h7-8,12-13H,3-6,9-11H2,1-2H3,(H,16,17);4H,1-3H3,(H2,7,10)/b8-7-;. The number of nitrogens with one attached hydrogen (secondary N) is 1. The Labute approximate surface area is 180 Å². The van der Waals surface area contributed by atoms with Crippen LogP contribution in [0, 0.1) is 11.8 Å². The van der Waals surface area contributed by atoms with E-state index in [0.717, 1.165) is 12.8 Å². The zero-order valence-corrected chi connectivity index (χ0v) is 19.6. The van der Waals surface area contributed by atoms with Crippen LogP contribution in [0.4, 0.5) is 0 Å². The van der Waals surface area contributed by atoms with E-state index in [9.17, 15) is 22.8 Å². The van der Waals surface area contributed by atoms with Crippen molar-refractivity contribution in [2.75, 3.05) is 7.05 Å². The van der Waals surface area contributed by atoms with Gasteiger partial charge in [-0.15, -0.1) is 0 Å². The number of amides is 3. The SMILES string of the molecule is CC(=O)N(C)C(C)C(N)=O.CCCCC/C=C\C1CC1C(=O)NS(=O)(=O)C1(C)CC1. The quantitative estimate of drug-likeness (QED) is 0.395. The minimum absolute atomic E-state index is 0.144. The maximum absolute atomic E-state index is 11.9. The van der Waals surface area contributed by atoms with Crippen molar-refractivity contribution >= 4 is 27.7 Å². The first-order chi connectivity index (χ1) is 13.9. The van der Waals surface area contributed by atoms with Gasteiger partial charge in [0.25, 0.3) is 0 Å². The number of allylic oxidation sites excluding steroid dienone is 2. The lowest BCUT2D eigenvalue weighted by Crippen LogP contribution is -2.42. The summed E-state index contributed by atoms with van der Waals surface area (Å²) in [7, 11) is -1.93. The molecule has 3 amide bonds. The van der Waals surface area contributed by atoms with Crippen molar-refractivity contribution < 1.29 is 22.8 Å². The minimum Gasteiger partial charge on any atom is -0.368 e. The molecular weight excluding hydrogens is 406 g/mol. The average Bonchev–Trinajstić information content (AvgIpc) is 3.57. The number of nitrogens with two attached hydrogens (primary N) is 1. The fourth-order valence-corrected chi connectivity index (χ4v) is 4.05. The molecule has 3 N–H and O–H groups in total. The Bertz CT molecular complexity index is 741. The molecule has 0 spiro atoms. The van der Waals surface area contributed by atoms with Gasteiger partial charge in [0.1, 0.15) is 6.04 Å². The van der Waals surface area contributed by atoms with E-state index in [0.29, 0.717) is 12.8 Å². The van der Waals surface area contributed by atoms with Gasteiger partial charge in [-0.1, -0.05) is 31.9 Å². The number of likely N-dealkylation sites (N-methyl/N-ethyl adjacent to an activating group) is 1. The van der Waals surface area contributed by atoms with Gasteiger partial charge >= 0.3 is 0 Å². The van der Waals surface area contributed by atoms with E-state index < -0.39 is 26.7 Å². The third-order valence-corrected chi connectivity index (χ3v) is 8.04. The summed E-state index contributed by atoms with van der Waals surface area (Å²) in [5.74, 6) is -0.876. The van der Waals surface area contributed by atoms with Gasteiger partial charge in [0, 0.05) is 19.9 Å². The zero-order chi connectivity index (χ0) is 23.1. The number of unbranched alkanes of at least 4 members (excludes halogenated alkanes) is 3. The van der Waals surface area contributed by atoms with Crippen LogP contribution in [-0.4, -0.2) is 48.9 Å². The van der Waals surface area contributed by atoms with Gasteiger partial charge in [0.2, 0.25) is 27.7 Å². The number of carbonyl (C=O) groups excluding carboxylic acids is 3. The Morgan fingerprint density at radius 2 is 1.87 bits per heavy atom. The largest absolute Gasteiger partial charge is 0.368 e. The normalized spacial score (nSPS) is 22.4. The first-order valence-corrected chi connectivity index (χ1v) is 12.1. The molecule has 0 bridgehead atoms. The van der Waals surface area contributed by atoms with Crippen molar-refractivity contribution in [1.29, 1.82) is 0 Å². The third kappa shape index (κ3) is 7.74. The molecule has 2 aliphatic rings. The number of sulfonamides is 1. The predicted molar refractivity (Wildman–Crippen MR) is 117 cm³/mol. The molecular formula is C21H37N3O5S. The summed E-state index contributed by atoms with van der Waals surface area (Å²) in [6.07, 6.45) is 11.0. The highest BCUT2D eigenvalue weighted by Gasteiger charge is 2.52. The summed E-state index contributed by atoms with van der Waals surface area (Å²) in [5, 5.41) is 0. The molecule has 2 aliphatic carbocycles. The second-order valence-corrected chi connectivity index (χ2v) is 10.8. The Morgan fingerprint density at radius 3 is 2.30 bits per heavy atom. The lowest BCUT2D eigenvalue weighted by Gasteiger charge is -2.19. The van der Waals surface area contributed by atoms with Gasteiger partial charge in [-0.05, 0) is 51.9 Å². The molecule has 0 aromatic heterocycles. The van der Waals surface area contributed by atoms with Crippen molar-refractivity contribution in [2.45, 2.75) is 83.4 Å². The molecule has 3 unspecified atom stereocenters. The smallest absolute Gasteiger partial charge is 0.240 e. The monoisotopic (exact) mass is 443 g/mol. The molecule has 0 saturated heterocycles. The molecule has 0 aromatic carbocycles. The first kappa shape index (κ1) is 26.1. The van der Waals surface area contributed by atoms with Gasteiger partial charge in [0.15, 0.2) is 0 Å². The van der Waals surface area contributed by atoms with Gasteiger partial charge in [-0.2, -0.15) is 0 Å². The minimum atomic E-state index is -3.47. The van der Waals surface area contributed by atoms with E-state index in [2.05, 4.69) is 23.8 Å². The average molecular weight is 444 g/mol. The molecule has 2 rings (SSSR count). The van der Waals surface area contributed by atoms with E-state index in [-0.39, 0.29) is 23.7 Å². The van der Waals surface area contributed by atoms with Gasteiger partial charge in [-0.3, -0.25) is 19.1 Å². The number of rotatable bonds is 10. The fourth-order valence-electron chi connectivity index (χ4n) is 2.75. The first-order valence-electron chi connectivity index (χ1n) is 10.6. The van der Waals surface area contributed by atoms with E-state index in [4.69, 9.17) is 5.73 Å². The van der Waals surface area contributed by atoms with Crippen LogP contribution in [0.15, 0.2) is 12.2 Å². The van der Waals surface area contributed by atoms with Crippen LogP contribution < -0.4 is 10.5 Å². The third-order valence-electron chi connectivity index (χ3n) is 5.86. The number of hydrogen-bond acceptors (Lipinski definition) is 5. The number of primary amides is 1. The van der Waals surface area contributed by atoms with E-state index >= 15 is 0 Å². The van der Waals surface area contributed by atoms with E-state index in [1.165, 1.54) is 38.1 Å². The molecule has 9 heteroatoms. The number of nitrogens with zero attached hydrogens (tertiary/aromatic N) is 1. The second-order valence-electron chi connectivity index (χ2n) is 8.56. The molecule has 0 heterocycles. The topological polar surface area (TPSA) is 127 Å². The molecule has 0 aliphatic heterocycles. The predicted octanol–water partition coefficient (Wildman–Crippen LogP) is 2.10. The Hall–Kier alpha value is -1.90. The number of carbonyl (C=O) groups is 3. The lowest BCUT2D eigenvalue weighted by atomic mass is 10.2. The lowest BCUT2D eigenvalue weighted by molar-refractivity contribution is -0.135. The summed E-state index contributed by atoms with van der Waals surface area (Å²) in [5.41, 5.74) is 4.94. The summed E-state index contributed by atoms with van der Waals surface area (Å²) >= 11 is 0. The van der Waals surface area contributed by atoms with Crippen LogP contribution in [0.3, 0.4) is 0 Å². The van der Waals surface area contributed by atoms with Crippen molar-refractivity contribution in [2.24, 2.45) is 17.6 Å². The highest BCUT2D eigenvalue weighted by Crippen LogP contribution is 2.44. The van der Waals surface area contributed by atoms with E-state index in [1.54, 1.807) is 13.8 Å². The maximum Gasteiger partial charge on any atom is 0.240 e.